The molecule has 4 nitrogen and oxygen atoms in total. The van der Waals surface area contributed by atoms with Gasteiger partial charge in [-0.25, -0.2) is 4.39 Å². The summed E-state index contributed by atoms with van der Waals surface area (Å²) in [5.74, 6) is -0.964. The van der Waals surface area contributed by atoms with Gasteiger partial charge < -0.3 is 10.4 Å². The van der Waals surface area contributed by atoms with Gasteiger partial charge in [-0.1, -0.05) is 17.7 Å². The molecule has 0 spiro atoms. The molecule has 0 saturated carbocycles. The molecule has 104 valence electrons. The SMILES string of the molecule is O=C(NCC(O)c1ccc(Cl)c(F)c1)c1cccnc1. The van der Waals surface area contributed by atoms with Crippen molar-refractivity contribution in [2.45, 2.75) is 6.10 Å². The van der Waals surface area contributed by atoms with Gasteiger partial charge in [-0.05, 0) is 29.8 Å². The number of pyridine rings is 1. The number of aliphatic hydroxyl groups excluding tert-OH is 1. The molecule has 1 amide bonds. The van der Waals surface area contributed by atoms with Gasteiger partial charge >= 0.3 is 0 Å². The van der Waals surface area contributed by atoms with Crippen molar-refractivity contribution in [2.24, 2.45) is 0 Å². The normalized spacial score (nSPS) is 11.9. The summed E-state index contributed by atoms with van der Waals surface area (Å²) < 4.78 is 13.3. The van der Waals surface area contributed by atoms with Gasteiger partial charge in [0.25, 0.3) is 5.91 Å². The summed E-state index contributed by atoms with van der Waals surface area (Å²) in [6, 6.07) is 7.25. The third-order valence-electron chi connectivity index (χ3n) is 2.71. The van der Waals surface area contributed by atoms with Crippen LogP contribution in [0.5, 0.6) is 0 Å². The van der Waals surface area contributed by atoms with E-state index in [2.05, 4.69) is 10.3 Å². The van der Waals surface area contributed by atoms with E-state index in [4.69, 9.17) is 11.6 Å². The van der Waals surface area contributed by atoms with Gasteiger partial charge in [0.05, 0.1) is 16.7 Å². The summed E-state index contributed by atoms with van der Waals surface area (Å²) in [4.78, 5) is 15.6. The number of benzene rings is 1. The largest absolute Gasteiger partial charge is 0.387 e. The van der Waals surface area contributed by atoms with Crippen molar-refractivity contribution in [1.29, 1.82) is 0 Å². The van der Waals surface area contributed by atoms with E-state index in [9.17, 15) is 14.3 Å². The molecule has 1 heterocycles. The average Bonchev–Trinajstić information content (AvgIpc) is 2.48. The minimum Gasteiger partial charge on any atom is -0.387 e. The Morgan fingerprint density at radius 2 is 2.25 bits per heavy atom. The highest BCUT2D eigenvalue weighted by Crippen LogP contribution is 2.19. The number of nitrogens with zero attached hydrogens (tertiary/aromatic N) is 1. The van der Waals surface area contributed by atoms with Crippen molar-refractivity contribution >= 4 is 17.5 Å². The molecule has 0 aliphatic rings. The second-order valence-corrected chi connectivity index (χ2v) is 4.55. The van der Waals surface area contributed by atoms with Gasteiger partial charge in [-0.15, -0.1) is 0 Å². The molecule has 6 heteroatoms. The first-order valence-corrected chi connectivity index (χ1v) is 6.27. The number of carbonyl (C=O) groups excluding carboxylic acids is 1. The quantitative estimate of drug-likeness (QED) is 0.910. The highest BCUT2D eigenvalue weighted by atomic mass is 35.5. The first kappa shape index (κ1) is 14.4. The standard InChI is InChI=1S/C14H12ClFN2O2/c15-11-4-3-9(6-12(11)16)13(19)8-18-14(20)10-2-1-5-17-7-10/h1-7,13,19H,8H2,(H,18,20). The highest BCUT2D eigenvalue weighted by Gasteiger charge is 2.12. The minimum absolute atomic E-state index is 0.0136. The summed E-state index contributed by atoms with van der Waals surface area (Å²) in [5.41, 5.74) is 0.736. The molecule has 2 rings (SSSR count). The summed E-state index contributed by atoms with van der Waals surface area (Å²) in [7, 11) is 0. The van der Waals surface area contributed by atoms with Crippen LogP contribution >= 0.6 is 11.6 Å². The van der Waals surface area contributed by atoms with Crippen LogP contribution in [-0.2, 0) is 0 Å². The molecule has 1 aromatic heterocycles. The number of hydrogen-bond donors (Lipinski definition) is 2. The lowest BCUT2D eigenvalue weighted by atomic mass is 10.1. The topological polar surface area (TPSA) is 62.2 Å². The number of aliphatic hydroxyl groups is 1. The summed E-state index contributed by atoms with van der Waals surface area (Å²) >= 11 is 5.56. The van der Waals surface area contributed by atoms with E-state index in [-0.39, 0.29) is 17.5 Å². The first-order chi connectivity index (χ1) is 9.58. The van der Waals surface area contributed by atoms with Crippen molar-refractivity contribution in [3.8, 4) is 0 Å². The van der Waals surface area contributed by atoms with Gasteiger partial charge in [0, 0.05) is 18.9 Å². The number of hydrogen-bond acceptors (Lipinski definition) is 3. The van der Waals surface area contributed by atoms with Crippen molar-refractivity contribution < 1.29 is 14.3 Å². The van der Waals surface area contributed by atoms with E-state index >= 15 is 0 Å². The summed E-state index contributed by atoms with van der Waals surface area (Å²) in [6.07, 6.45) is 1.97. The highest BCUT2D eigenvalue weighted by molar-refractivity contribution is 6.30. The fourth-order valence-electron chi connectivity index (χ4n) is 1.63. The molecule has 1 unspecified atom stereocenters. The van der Waals surface area contributed by atoms with E-state index in [0.29, 0.717) is 11.1 Å². The van der Waals surface area contributed by atoms with Gasteiger partial charge in [0.15, 0.2) is 0 Å². The van der Waals surface area contributed by atoms with Crippen molar-refractivity contribution in [1.82, 2.24) is 10.3 Å². The zero-order valence-corrected chi connectivity index (χ0v) is 11.1. The Kier molecular flexibility index (Phi) is 4.65. The van der Waals surface area contributed by atoms with Crippen LogP contribution in [0, 0.1) is 5.82 Å². The molecule has 1 atom stereocenters. The third kappa shape index (κ3) is 3.53. The fraction of sp³-hybridized carbons (Fsp3) is 0.143. The molecule has 2 N–H and O–H groups in total. The molecule has 0 saturated heterocycles. The molecule has 0 aliphatic heterocycles. The summed E-state index contributed by atoms with van der Waals surface area (Å²) in [6.45, 7) is -0.0329. The van der Waals surface area contributed by atoms with E-state index in [1.165, 1.54) is 18.3 Å². The number of halogens is 2. The van der Waals surface area contributed by atoms with Crippen LogP contribution in [0.3, 0.4) is 0 Å². The molecule has 0 bridgehead atoms. The zero-order valence-electron chi connectivity index (χ0n) is 10.4. The number of carbonyl (C=O) groups is 1. The van der Waals surface area contributed by atoms with Crippen LogP contribution in [0.15, 0.2) is 42.7 Å². The van der Waals surface area contributed by atoms with Crippen LogP contribution in [0.4, 0.5) is 4.39 Å². The molecule has 2 aromatic rings. The lowest BCUT2D eigenvalue weighted by Gasteiger charge is -2.12. The van der Waals surface area contributed by atoms with Gasteiger partial charge in [-0.3, -0.25) is 9.78 Å². The van der Waals surface area contributed by atoms with Gasteiger partial charge in [0.1, 0.15) is 5.82 Å². The lowest BCUT2D eigenvalue weighted by Crippen LogP contribution is -2.28. The van der Waals surface area contributed by atoms with Gasteiger partial charge in [-0.2, -0.15) is 0 Å². The zero-order chi connectivity index (χ0) is 14.5. The van der Waals surface area contributed by atoms with Crippen LogP contribution < -0.4 is 5.32 Å². The maximum absolute atomic E-state index is 13.3. The average molecular weight is 295 g/mol. The van der Waals surface area contributed by atoms with Crippen LogP contribution in [0.2, 0.25) is 5.02 Å². The molecule has 1 aromatic carbocycles. The predicted octanol–water partition coefficient (Wildman–Crippen LogP) is 2.34. The molecular weight excluding hydrogens is 283 g/mol. The second kappa shape index (κ2) is 6.45. The number of amides is 1. The van der Waals surface area contributed by atoms with E-state index in [0.717, 1.165) is 6.07 Å². The number of rotatable bonds is 4. The number of aromatic nitrogens is 1. The van der Waals surface area contributed by atoms with Crippen molar-refractivity contribution in [2.75, 3.05) is 6.54 Å². The monoisotopic (exact) mass is 294 g/mol. The van der Waals surface area contributed by atoms with Gasteiger partial charge in [0.2, 0.25) is 0 Å². The molecule has 0 fully saturated rings. The maximum Gasteiger partial charge on any atom is 0.252 e. The minimum atomic E-state index is -1.01. The fourth-order valence-corrected chi connectivity index (χ4v) is 1.74. The van der Waals surface area contributed by atoms with Crippen molar-refractivity contribution in [3.05, 3.63) is 64.7 Å². The van der Waals surface area contributed by atoms with Crippen LogP contribution in [0.25, 0.3) is 0 Å². The smallest absolute Gasteiger partial charge is 0.252 e. The Hall–Kier alpha value is -1.98. The molecule has 0 radical (unpaired) electrons. The van der Waals surface area contributed by atoms with E-state index in [1.54, 1.807) is 18.3 Å². The van der Waals surface area contributed by atoms with Crippen LogP contribution in [0.1, 0.15) is 22.0 Å². The Bertz CT molecular complexity index is 607. The molecule has 0 aliphatic carbocycles. The summed E-state index contributed by atoms with van der Waals surface area (Å²) in [5, 5.41) is 12.4. The van der Waals surface area contributed by atoms with E-state index in [1.807, 2.05) is 0 Å². The molecular formula is C14H12ClFN2O2. The lowest BCUT2D eigenvalue weighted by molar-refractivity contribution is 0.0916. The number of nitrogens with one attached hydrogen (secondary N) is 1. The Morgan fingerprint density at radius 1 is 1.45 bits per heavy atom. The van der Waals surface area contributed by atoms with E-state index < -0.39 is 11.9 Å². The molecule has 20 heavy (non-hydrogen) atoms. The maximum atomic E-state index is 13.3. The third-order valence-corrected chi connectivity index (χ3v) is 3.01. The van der Waals surface area contributed by atoms with Crippen LogP contribution in [-0.4, -0.2) is 22.5 Å². The Labute approximate surface area is 120 Å². The first-order valence-electron chi connectivity index (χ1n) is 5.89. The van der Waals surface area contributed by atoms with Crippen molar-refractivity contribution in [3.63, 3.8) is 0 Å². The Balaban J connectivity index is 1.96. The predicted molar refractivity (Wildman–Crippen MR) is 72.9 cm³/mol. The second-order valence-electron chi connectivity index (χ2n) is 4.14. The Morgan fingerprint density at radius 3 is 2.90 bits per heavy atom.